The first-order chi connectivity index (χ1) is 19.9. The average Bonchev–Trinajstić information content (AvgIpc) is 3.51. The molecule has 0 spiro atoms. The van der Waals surface area contributed by atoms with Crippen LogP contribution in [0.3, 0.4) is 0 Å². The average molecular weight is 554 g/mol. The second-order valence-corrected chi connectivity index (χ2v) is 10.7. The number of benzene rings is 3. The first-order valence-electron chi connectivity index (χ1n) is 14.5. The van der Waals surface area contributed by atoms with E-state index in [1.54, 1.807) is 6.21 Å². The van der Waals surface area contributed by atoms with Crippen molar-refractivity contribution in [2.24, 2.45) is 11.0 Å². The minimum Gasteiger partial charge on any atom is -0.481 e. The number of anilines is 1. The Kier molecular flexibility index (Phi) is 10.8. The standard InChI is InChI=1S/C34H39N3O4/c1-2-8-31(38)37(35-23-26-9-4-3-5-10-26)24-27-13-18-29(19-14-27)33(28-11-6-7-12-28)34(41)36-30-20-15-25(16-21-30)17-22-32(39)40/h3-5,9-10,13-16,18-21,23,28,33H,2,6-8,11-12,17,22,24H2,1H3,(H,36,41)(H,39,40)/b35-23+. The molecule has 0 aromatic heterocycles. The Morgan fingerprint density at radius 2 is 1.59 bits per heavy atom. The van der Waals surface area contributed by atoms with Crippen molar-refractivity contribution in [2.45, 2.75) is 70.8 Å². The normalized spacial score (nSPS) is 14.2. The Morgan fingerprint density at radius 1 is 0.927 bits per heavy atom. The number of hydrazone groups is 1. The smallest absolute Gasteiger partial charge is 0.303 e. The number of hydrogen-bond acceptors (Lipinski definition) is 4. The van der Waals surface area contributed by atoms with E-state index in [1.807, 2.05) is 85.8 Å². The molecule has 0 saturated heterocycles. The number of nitrogens with zero attached hydrogens (tertiary/aromatic N) is 2. The molecule has 2 amide bonds. The van der Waals surface area contributed by atoms with Gasteiger partial charge in [-0.2, -0.15) is 5.10 Å². The zero-order valence-electron chi connectivity index (χ0n) is 23.7. The number of carboxylic acids is 1. The third-order valence-electron chi connectivity index (χ3n) is 7.57. The van der Waals surface area contributed by atoms with Gasteiger partial charge in [0.25, 0.3) is 0 Å². The van der Waals surface area contributed by atoms with E-state index in [-0.39, 0.29) is 30.1 Å². The number of nitrogens with one attached hydrogen (secondary N) is 1. The van der Waals surface area contributed by atoms with Gasteiger partial charge in [-0.1, -0.05) is 86.5 Å². The number of carbonyl (C=O) groups is 3. The van der Waals surface area contributed by atoms with E-state index >= 15 is 0 Å². The molecule has 3 aromatic rings. The summed E-state index contributed by atoms with van der Waals surface area (Å²) in [6, 6.07) is 25.1. The van der Waals surface area contributed by atoms with Crippen molar-refractivity contribution in [3.63, 3.8) is 0 Å². The number of rotatable bonds is 13. The van der Waals surface area contributed by atoms with E-state index in [1.165, 1.54) is 5.01 Å². The van der Waals surface area contributed by atoms with E-state index in [0.29, 0.717) is 25.1 Å². The summed E-state index contributed by atoms with van der Waals surface area (Å²) in [4.78, 5) is 37.2. The Hall–Kier alpha value is -4.26. The van der Waals surface area contributed by atoms with Crippen molar-refractivity contribution < 1.29 is 19.5 Å². The molecule has 0 bridgehead atoms. The highest BCUT2D eigenvalue weighted by Crippen LogP contribution is 2.38. The summed E-state index contributed by atoms with van der Waals surface area (Å²) in [6.45, 7) is 2.34. The monoisotopic (exact) mass is 553 g/mol. The van der Waals surface area contributed by atoms with E-state index in [0.717, 1.165) is 54.4 Å². The van der Waals surface area contributed by atoms with Crippen LogP contribution in [-0.4, -0.2) is 34.1 Å². The number of carbonyl (C=O) groups excluding carboxylic acids is 2. The number of aliphatic carboxylic acids is 1. The fourth-order valence-corrected chi connectivity index (χ4v) is 5.37. The van der Waals surface area contributed by atoms with E-state index in [4.69, 9.17) is 5.11 Å². The van der Waals surface area contributed by atoms with Crippen molar-refractivity contribution in [2.75, 3.05) is 5.32 Å². The van der Waals surface area contributed by atoms with Crippen LogP contribution in [0, 0.1) is 5.92 Å². The molecule has 2 N–H and O–H groups in total. The van der Waals surface area contributed by atoms with Crippen LogP contribution in [0.4, 0.5) is 5.69 Å². The first kappa shape index (κ1) is 29.7. The summed E-state index contributed by atoms with van der Waals surface area (Å²) in [5.74, 6) is -0.884. The van der Waals surface area contributed by atoms with Crippen molar-refractivity contribution in [1.29, 1.82) is 0 Å². The Balaban J connectivity index is 1.47. The lowest BCUT2D eigenvalue weighted by Crippen LogP contribution is -2.27. The Morgan fingerprint density at radius 3 is 2.22 bits per heavy atom. The van der Waals surface area contributed by atoms with Gasteiger partial charge >= 0.3 is 5.97 Å². The molecule has 7 heteroatoms. The van der Waals surface area contributed by atoms with Crippen LogP contribution in [0.15, 0.2) is 84.0 Å². The van der Waals surface area contributed by atoms with E-state index < -0.39 is 5.97 Å². The van der Waals surface area contributed by atoms with Gasteiger partial charge in [0.05, 0.1) is 18.7 Å². The molecule has 1 saturated carbocycles. The lowest BCUT2D eigenvalue weighted by atomic mass is 9.83. The molecule has 41 heavy (non-hydrogen) atoms. The van der Waals surface area contributed by atoms with E-state index in [2.05, 4.69) is 10.4 Å². The van der Waals surface area contributed by atoms with Crippen molar-refractivity contribution in [1.82, 2.24) is 5.01 Å². The first-order valence-corrected chi connectivity index (χ1v) is 14.5. The largest absolute Gasteiger partial charge is 0.481 e. The third kappa shape index (κ3) is 8.87. The van der Waals surface area contributed by atoms with Crippen molar-refractivity contribution in [3.05, 3.63) is 101 Å². The van der Waals surface area contributed by atoms with Gasteiger partial charge in [-0.25, -0.2) is 5.01 Å². The molecule has 0 aliphatic heterocycles. The molecule has 1 aliphatic carbocycles. The third-order valence-corrected chi connectivity index (χ3v) is 7.57. The molecule has 1 fully saturated rings. The van der Waals surface area contributed by atoms with Gasteiger partial charge in [-0.3, -0.25) is 14.4 Å². The Labute approximate surface area is 242 Å². The van der Waals surface area contributed by atoms with Gasteiger partial charge in [-0.15, -0.1) is 0 Å². The molecular weight excluding hydrogens is 514 g/mol. The molecule has 7 nitrogen and oxygen atoms in total. The highest BCUT2D eigenvalue weighted by Gasteiger charge is 2.32. The molecule has 4 rings (SSSR count). The van der Waals surface area contributed by atoms with Crippen LogP contribution >= 0.6 is 0 Å². The van der Waals surface area contributed by atoms with Crippen LogP contribution in [0.5, 0.6) is 0 Å². The molecule has 1 atom stereocenters. The maximum absolute atomic E-state index is 13.6. The molecule has 0 heterocycles. The predicted molar refractivity (Wildman–Crippen MR) is 162 cm³/mol. The number of hydrogen-bond donors (Lipinski definition) is 2. The molecule has 1 aliphatic rings. The molecule has 214 valence electrons. The lowest BCUT2D eigenvalue weighted by Gasteiger charge is -2.24. The zero-order valence-corrected chi connectivity index (χ0v) is 23.7. The van der Waals surface area contributed by atoms with Gasteiger partial charge in [0.1, 0.15) is 0 Å². The molecule has 3 aromatic carbocycles. The van der Waals surface area contributed by atoms with Crippen molar-refractivity contribution >= 4 is 29.7 Å². The second kappa shape index (κ2) is 14.9. The van der Waals surface area contributed by atoms with Gasteiger partial charge in [0.2, 0.25) is 11.8 Å². The second-order valence-electron chi connectivity index (χ2n) is 10.7. The number of aryl methyl sites for hydroxylation is 1. The van der Waals surface area contributed by atoms with Crippen LogP contribution < -0.4 is 5.32 Å². The van der Waals surface area contributed by atoms with Crippen molar-refractivity contribution in [3.8, 4) is 0 Å². The highest BCUT2D eigenvalue weighted by molar-refractivity contribution is 5.96. The SMILES string of the molecule is CCCC(=O)N(Cc1ccc(C(C(=O)Nc2ccc(CCC(=O)O)cc2)C2CCCC2)cc1)/N=C/c1ccccc1. The maximum atomic E-state index is 13.6. The summed E-state index contributed by atoms with van der Waals surface area (Å²) in [5, 5.41) is 18.0. The molecule has 1 unspecified atom stereocenters. The fraction of sp³-hybridized carbons (Fsp3) is 0.353. The number of carboxylic acid groups (broad SMARTS) is 1. The van der Waals surface area contributed by atoms with Crippen LogP contribution in [-0.2, 0) is 27.3 Å². The predicted octanol–water partition coefficient (Wildman–Crippen LogP) is 6.78. The quantitative estimate of drug-likeness (QED) is 0.180. The summed E-state index contributed by atoms with van der Waals surface area (Å²) < 4.78 is 0. The lowest BCUT2D eigenvalue weighted by molar-refractivity contribution is -0.137. The summed E-state index contributed by atoms with van der Waals surface area (Å²) >= 11 is 0. The van der Waals surface area contributed by atoms with Crippen LogP contribution in [0.2, 0.25) is 0 Å². The van der Waals surface area contributed by atoms with Gasteiger partial charge < -0.3 is 10.4 Å². The summed E-state index contributed by atoms with van der Waals surface area (Å²) in [7, 11) is 0. The minimum atomic E-state index is -0.826. The van der Waals surface area contributed by atoms with Crippen LogP contribution in [0.1, 0.15) is 80.0 Å². The summed E-state index contributed by atoms with van der Waals surface area (Å²) in [6.07, 6.45) is 7.70. The van der Waals surface area contributed by atoms with Gasteiger partial charge in [0.15, 0.2) is 0 Å². The number of amides is 2. The van der Waals surface area contributed by atoms with Crippen LogP contribution in [0.25, 0.3) is 0 Å². The van der Waals surface area contributed by atoms with Gasteiger partial charge in [0, 0.05) is 18.5 Å². The zero-order chi connectivity index (χ0) is 29.0. The minimum absolute atomic E-state index is 0.0269. The maximum Gasteiger partial charge on any atom is 0.303 e. The van der Waals surface area contributed by atoms with Gasteiger partial charge in [-0.05, 0) is 66.0 Å². The topological polar surface area (TPSA) is 99.1 Å². The van der Waals surface area contributed by atoms with E-state index in [9.17, 15) is 14.4 Å². The molecule has 0 radical (unpaired) electrons. The summed E-state index contributed by atoms with van der Waals surface area (Å²) in [5.41, 5.74) is 4.47. The Bertz CT molecular complexity index is 1310. The molecular formula is C34H39N3O4. The highest BCUT2D eigenvalue weighted by atomic mass is 16.4. The fourth-order valence-electron chi connectivity index (χ4n) is 5.37.